The van der Waals surface area contributed by atoms with E-state index in [1.807, 2.05) is 0 Å². The van der Waals surface area contributed by atoms with Crippen LogP contribution in [0.1, 0.15) is 6.99 Å². The maximum Gasteiger partial charge on any atom is 1.00 e. The van der Waals surface area contributed by atoms with Crippen LogP contribution in [-0.4, -0.2) is 30.4 Å². The first kappa shape index (κ1) is 17.3. The van der Waals surface area contributed by atoms with Gasteiger partial charge in [-0.3, -0.25) is 4.55 Å². The summed E-state index contributed by atoms with van der Waals surface area (Å²) >= 11 is 5.66. The van der Waals surface area contributed by atoms with Crippen LogP contribution in [0.4, 0.5) is 0 Å². The largest absolute Gasteiger partial charge is 1.00 e. The SMILES string of the molecule is NCC(O)(CS(=O)(=O)O)c1ccc(Cl)cc1.[H-].[Na+]. The molecule has 0 aliphatic carbocycles. The second-order valence-corrected chi connectivity index (χ2v) is 5.36. The van der Waals surface area contributed by atoms with Crippen LogP contribution in [0.2, 0.25) is 5.02 Å². The molecule has 4 N–H and O–H groups in total. The van der Waals surface area contributed by atoms with Crippen molar-refractivity contribution in [2.24, 2.45) is 5.73 Å². The second-order valence-electron chi connectivity index (χ2n) is 3.47. The third-order valence-corrected chi connectivity index (χ3v) is 3.23. The van der Waals surface area contributed by atoms with E-state index in [-0.39, 0.29) is 43.1 Å². The minimum absolute atomic E-state index is 0. The zero-order chi connectivity index (χ0) is 12.4. The van der Waals surface area contributed by atoms with Gasteiger partial charge in [0.25, 0.3) is 10.1 Å². The molecule has 1 aromatic rings. The molecule has 1 unspecified atom stereocenters. The van der Waals surface area contributed by atoms with Crippen LogP contribution >= 0.6 is 11.6 Å². The minimum atomic E-state index is -4.32. The molecule has 0 bridgehead atoms. The van der Waals surface area contributed by atoms with Gasteiger partial charge in [-0.15, -0.1) is 0 Å². The summed E-state index contributed by atoms with van der Waals surface area (Å²) in [6.07, 6.45) is 0. The monoisotopic (exact) mass is 289 g/mol. The van der Waals surface area contributed by atoms with Gasteiger partial charge in [0.15, 0.2) is 0 Å². The van der Waals surface area contributed by atoms with Gasteiger partial charge in [-0.25, -0.2) is 0 Å². The zero-order valence-electron chi connectivity index (χ0n) is 10.3. The molecule has 5 nitrogen and oxygen atoms in total. The van der Waals surface area contributed by atoms with Crippen LogP contribution in [0.25, 0.3) is 0 Å². The van der Waals surface area contributed by atoms with E-state index in [1.54, 1.807) is 0 Å². The number of hydrogen-bond acceptors (Lipinski definition) is 4. The molecule has 92 valence electrons. The molecule has 1 rings (SSSR count). The number of hydrogen-bond donors (Lipinski definition) is 3. The molecule has 0 amide bonds. The van der Waals surface area contributed by atoms with Crippen molar-refractivity contribution >= 4 is 21.7 Å². The molecular weight excluding hydrogens is 277 g/mol. The maximum atomic E-state index is 10.8. The van der Waals surface area contributed by atoms with E-state index in [0.29, 0.717) is 5.02 Å². The predicted octanol–water partition coefficient (Wildman–Crippen LogP) is -2.51. The summed E-state index contributed by atoms with van der Waals surface area (Å²) in [5.74, 6) is -0.849. The fraction of sp³-hybridized carbons (Fsp3) is 0.333. The molecule has 0 fully saturated rings. The second kappa shape index (κ2) is 6.49. The summed E-state index contributed by atoms with van der Waals surface area (Å²) in [5, 5.41) is 10.5. The summed E-state index contributed by atoms with van der Waals surface area (Å²) in [7, 11) is -4.32. The van der Waals surface area contributed by atoms with Gasteiger partial charge >= 0.3 is 29.6 Å². The summed E-state index contributed by atoms with van der Waals surface area (Å²) in [6, 6.07) is 5.92. The molecule has 1 atom stereocenters. The normalized spacial score (nSPS) is 14.8. The number of aliphatic hydroxyl groups is 1. The van der Waals surface area contributed by atoms with Crippen molar-refractivity contribution in [3.63, 3.8) is 0 Å². The third kappa shape index (κ3) is 5.23. The first-order valence-electron chi connectivity index (χ1n) is 4.40. The van der Waals surface area contributed by atoms with Crippen molar-refractivity contribution < 1.29 is 49.1 Å². The Kier molecular flexibility index (Phi) is 6.62. The smallest absolute Gasteiger partial charge is 1.00 e. The Hall–Kier alpha value is 0.340. The van der Waals surface area contributed by atoms with E-state index in [0.717, 1.165) is 0 Å². The van der Waals surface area contributed by atoms with E-state index >= 15 is 0 Å². The van der Waals surface area contributed by atoms with Crippen LogP contribution in [0, 0.1) is 0 Å². The summed E-state index contributed by atoms with van der Waals surface area (Å²) in [6.45, 7) is -0.325. The maximum absolute atomic E-state index is 10.8. The average molecular weight is 290 g/mol. The average Bonchev–Trinajstić information content (AvgIpc) is 2.16. The molecule has 0 heterocycles. The molecule has 0 aliphatic heterocycles. The van der Waals surface area contributed by atoms with Gasteiger partial charge in [0.05, 0.1) is 0 Å². The Labute approximate surface area is 128 Å². The minimum Gasteiger partial charge on any atom is -1.00 e. The molecule has 8 heteroatoms. The molecule has 17 heavy (non-hydrogen) atoms. The molecule has 0 saturated heterocycles. The van der Waals surface area contributed by atoms with Crippen molar-refractivity contribution in [3.05, 3.63) is 34.9 Å². The van der Waals surface area contributed by atoms with E-state index in [4.69, 9.17) is 21.9 Å². The van der Waals surface area contributed by atoms with Gasteiger partial charge in [-0.05, 0) is 17.7 Å². The Bertz CT molecular complexity index is 470. The number of benzene rings is 1. The number of nitrogens with two attached hydrogens (primary N) is 1. The quantitative estimate of drug-likeness (QED) is 0.420. The molecule has 0 radical (unpaired) electrons. The van der Waals surface area contributed by atoms with Gasteiger partial charge in [0.2, 0.25) is 0 Å². The van der Waals surface area contributed by atoms with Crippen LogP contribution in [0.3, 0.4) is 0 Å². The Morgan fingerprint density at radius 2 is 1.82 bits per heavy atom. The van der Waals surface area contributed by atoms with Crippen molar-refractivity contribution in [2.45, 2.75) is 5.60 Å². The molecular formula is C9H13ClNNaO4S. The van der Waals surface area contributed by atoms with Crippen LogP contribution < -0.4 is 35.3 Å². The first-order chi connectivity index (χ1) is 7.27. The van der Waals surface area contributed by atoms with Gasteiger partial charge in [0, 0.05) is 11.6 Å². The van der Waals surface area contributed by atoms with Gasteiger partial charge in [-0.1, -0.05) is 23.7 Å². The van der Waals surface area contributed by atoms with Gasteiger partial charge in [0.1, 0.15) is 11.4 Å². The fourth-order valence-corrected chi connectivity index (χ4v) is 2.34. The van der Waals surface area contributed by atoms with E-state index in [1.165, 1.54) is 24.3 Å². The van der Waals surface area contributed by atoms with E-state index < -0.39 is 21.5 Å². The van der Waals surface area contributed by atoms with E-state index in [2.05, 4.69) is 0 Å². The number of halogens is 1. The third-order valence-electron chi connectivity index (χ3n) is 2.14. The summed E-state index contributed by atoms with van der Waals surface area (Å²) in [4.78, 5) is 0. The summed E-state index contributed by atoms with van der Waals surface area (Å²) < 4.78 is 30.3. The van der Waals surface area contributed by atoms with Gasteiger partial charge < -0.3 is 12.3 Å². The van der Waals surface area contributed by atoms with Crippen LogP contribution in [0.5, 0.6) is 0 Å². The Morgan fingerprint density at radius 1 is 1.35 bits per heavy atom. The van der Waals surface area contributed by atoms with Crippen molar-refractivity contribution in [2.75, 3.05) is 12.3 Å². The Balaban J connectivity index is 0. The summed E-state index contributed by atoms with van der Waals surface area (Å²) in [5.41, 5.74) is 3.81. The van der Waals surface area contributed by atoms with Crippen LogP contribution in [0.15, 0.2) is 24.3 Å². The topological polar surface area (TPSA) is 101 Å². The first-order valence-corrected chi connectivity index (χ1v) is 6.39. The molecule has 0 aromatic heterocycles. The van der Waals surface area contributed by atoms with Crippen molar-refractivity contribution in [1.29, 1.82) is 0 Å². The molecule has 1 aromatic carbocycles. The van der Waals surface area contributed by atoms with Crippen molar-refractivity contribution in [1.82, 2.24) is 0 Å². The Morgan fingerprint density at radius 3 is 2.18 bits per heavy atom. The van der Waals surface area contributed by atoms with E-state index in [9.17, 15) is 13.5 Å². The van der Waals surface area contributed by atoms with Crippen LogP contribution in [-0.2, 0) is 15.7 Å². The standard InChI is InChI=1S/C9H12ClNO4S.Na.H/c10-8-3-1-7(2-4-8)9(12,5-11)6-16(13,14)15;;/h1-4,12H,5-6,11H2,(H,13,14,15);;/q;+1;-1. The predicted molar refractivity (Wildman–Crippen MR) is 61.9 cm³/mol. The molecule has 0 spiro atoms. The number of rotatable bonds is 4. The van der Waals surface area contributed by atoms with Crippen molar-refractivity contribution in [3.8, 4) is 0 Å². The molecule has 0 aliphatic rings. The van der Waals surface area contributed by atoms with Gasteiger partial charge in [-0.2, -0.15) is 8.42 Å². The molecule has 0 saturated carbocycles. The fourth-order valence-electron chi connectivity index (χ4n) is 1.32. The zero-order valence-corrected chi connectivity index (χ0v) is 12.9.